The van der Waals surface area contributed by atoms with Crippen molar-refractivity contribution in [1.82, 2.24) is 4.31 Å². The van der Waals surface area contributed by atoms with Crippen LogP contribution in [-0.2, 0) is 14.8 Å². The Balaban J connectivity index is 2.47. The molecule has 0 radical (unpaired) electrons. The summed E-state index contributed by atoms with van der Waals surface area (Å²) in [5, 5.41) is 9.25. The molecule has 20 heavy (non-hydrogen) atoms. The van der Waals surface area contributed by atoms with Gasteiger partial charge in [0.2, 0.25) is 10.0 Å². The second-order valence-corrected chi connectivity index (χ2v) is 6.93. The number of likely N-dealkylation sites (N-methyl/N-ethyl adjacent to an activating group) is 1. The third-order valence-corrected chi connectivity index (χ3v) is 5.43. The fourth-order valence-corrected chi connectivity index (χ4v) is 3.81. The summed E-state index contributed by atoms with van der Waals surface area (Å²) in [5.74, 6) is -0.752. The average Bonchev–Trinajstić information content (AvgIpc) is 2.86. The zero-order valence-electron chi connectivity index (χ0n) is 10.6. The molecule has 0 aliphatic carbocycles. The third kappa shape index (κ3) is 2.52. The van der Waals surface area contributed by atoms with Crippen LogP contribution in [0.15, 0.2) is 23.1 Å². The molecule has 0 saturated carbocycles. The first-order valence-corrected chi connectivity index (χ1v) is 7.58. The van der Waals surface area contributed by atoms with Crippen molar-refractivity contribution in [3.05, 3.63) is 29.0 Å². The molecular formula is C12H12ClFN2O3S. The Bertz CT molecular complexity index is 646. The van der Waals surface area contributed by atoms with Gasteiger partial charge in [0.05, 0.1) is 17.6 Å². The van der Waals surface area contributed by atoms with E-state index in [9.17, 15) is 18.1 Å². The summed E-state index contributed by atoms with van der Waals surface area (Å²) >= 11 is 5.68. The Hall–Kier alpha value is -1.20. The molecular weight excluding hydrogens is 307 g/mol. The van der Waals surface area contributed by atoms with Crippen molar-refractivity contribution in [2.45, 2.75) is 16.9 Å². The first kappa shape index (κ1) is 15.2. The standard InChI is InChI=1S/C12H12ClFN2O3S/c1-16(12(7-15)2-3-19-8-12)20(17,18)11-5-9(13)4-10(14)6-11/h4-6H,2-3,8H2,1H3. The number of sulfonamides is 1. The van der Waals surface area contributed by atoms with Crippen LogP contribution in [0.25, 0.3) is 0 Å². The summed E-state index contributed by atoms with van der Waals surface area (Å²) in [6.07, 6.45) is 0.266. The lowest BCUT2D eigenvalue weighted by atomic mass is 10.0. The van der Waals surface area contributed by atoms with Crippen LogP contribution in [0.3, 0.4) is 0 Å². The maximum atomic E-state index is 13.3. The zero-order chi connectivity index (χ0) is 15.0. The molecule has 2 rings (SSSR count). The molecule has 0 bridgehead atoms. The van der Waals surface area contributed by atoms with Crippen LogP contribution in [-0.4, -0.2) is 38.5 Å². The zero-order valence-corrected chi connectivity index (χ0v) is 12.2. The predicted molar refractivity (Wildman–Crippen MR) is 70.1 cm³/mol. The van der Waals surface area contributed by atoms with Gasteiger partial charge in [0.1, 0.15) is 11.4 Å². The van der Waals surface area contributed by atoms with Gasteiger partial charge in [-0.1, -0.05) is 11.6 Å². The highest BCUT2D eigenvalue weighted by atomic mass is 35.5. The first-order valence-electron chi connectivity index (χ1n) is 5.76. The number of hydrogen-bond donors (Lipinski definition) is 0. The number of halogens is 2. The molecule has 0 amide bonds. The highest BCUT2D eigenvalue weighted by Gasteiger charge is 2.45. The summed E-state index contributed by atoms with van der Waals surface area (Å²) in [6.45, 7) is 0.291. The van der Waals surface area contributed by atoms with Gasteiger partial charge >= 0.3 is 0 Å². The van der Waals surface area contributed by atoms with Crippen molar-refractivity contribution in [3.63, 3.8) is 0 Å². The molecule has 108 valence electrons. The lowest BCUT2D eigenvalue weighted by molar-refractivity contribution is 0.162. The molecule has 1 heterocycles. The summed E-state index contributed by atoms with van der Waals surface area (Å²) < 4.78 is 44.3. The Morgan fingerprint density at radius 3 is 2.70 bits per heavy atom. The molecule has 0 spiro atoms. The summed E-state index contributed by atoms with van der Waals surface area (Å²) in [4.78, 5) is -0.286. The Morgan fingerprint density at radius 2 is 2.20 bits per heavy atom. The molecule has 1 aromatic carbocycles. The largest absolute Gasteiger partial charge is 0.378 e. The van der Waals surface area contributed by atoms with Gasteiger partial charge in [-0.2, -0.15) is 9.57 Å². The number of rotatable bonds is 3. The summed E-state index contributed by atoms with van der Waals surface area (Å²) in [5.41, 5.74) is -1.27. The van der Waals surface area contributed by atoms with Crippen LogP contribution in [0.5, 0.6) is 0 Å². The molecule has 1 saturated heterocycles. The number of hydrogen-bond acceptors (Lipinski definition) is 4. The minimum atomic E-state index is -4.03. The van der Waals surface area contributed by atoms with E-state index in [0.717, 1.165) is 22.5 Å². The Morgan fingerprint density at radius 1 is 1.50 bits per heavy atom. The van der Waals surface area contributed by atoms with Crippen molar-refractivity contribution in [3.8, 4) is 6.07 Å². The van der Waals surface area contributed by atoms with E-state index in [0.29, 0.717) is 6.61 Å². The fourth-order valence-electron chi connectivity index (χ4n) is 2.03. The third-order valence-electron chi connectivity index (χ3n) is 3.31. The van der Waals surface area contributed by atoms with E-state index in [4.69, 9.17) is 16.3 Å². The quantitative estimate of drug-likeness (QED) is 0.852. The van der Waals surface area contributed by atoms with Gasteiger partial charge in [0.25, 0.3) is 0 Å². The van der Waals surface area contributed by atoms with Crippen molar-refractivity contribution in [2.24, 2.45) is 0 Å². The molecule has 1 fully saturated rings. The van der Waals surface area contributed by atoms with E-state index in [1.807, 2.05) is 6.07 Å². The fraction of sp³-hybridized carbons (Fsp3) is 0.417. The lowest BCUT2D eigenvalue weighted by Crippen LogP contribution is -2.49. The highest BCUT2D eigenvalue weighted by Crippen LogP contribution is 2.30. The van der Waals surface area contributed by atoms with E-state index in [2.05, 4.69) is 0 Å². The van der Waals surface area contributed by atoms with Gasteiger partial charge in [-0.05, 0) is 18.2 Å². The van der Waals surface area contributed by atoms with Gasteiger partial charge in [-0.25, -0.2) is 12.8 Å². The molecule has 1 atom stereocenters. The molecule has 8 heteroatoms. The van der Waals surface area contributed by atoms with Crippen molar-refractivity contribution < 1.29 is 17.5 Å². The Labute approximate surface area is 121 Å². The number of ether oxygens (including phenoxy) is 1. The lowest BCUT2D eigenvalue weighted by Gasteiger charge is -2.30. The predicted octanol–water partition coefficient (Wildman–Crippen LogP) is 1.78. The van der Waals surface area contributed by atoms with Crippen LogP contribution >= 0.6 is 11.6 Å². The van der Waals surface area contributed by atoms with Crippen LogP contribution in [0.2, 0.25) is 5.02 Å². The number of benzene rings is 1. The van der Waals surface area contributed by atoms with Crippen molar-refractivity contribution in [2.75, 3.05) is 20.3 Å². The van der Waals surface area contributed by atoms with E-state index in [-0.39, 0.29) is 22.9 Å². The van der Waals surface area contributed by atoms with Crippen LogP contribution in [0.1, 0.15) is 6.42 Å². The SMILES string of the molecule is CN(C1(C#N)CCOC1)S(=O)(=O)c1cc(F)cc(Cl)c1. The monoisotopic (exact) mass is 318 g/mol. The Kier molecular flexibility index (Phi) is 4.02. The normalized spacial score (nSPS) is 22.9. The second-order valence-electron chi connectivity index (χ2n) is 4.52. The molecule has 1 unspecified atom stereocenters. The molecule has 0 aromatic heterocycles. The van der Waals surface area contributed by atoms with Crippen molar-refractivity contribution >= 4 is 21.6 Å². The number of nitrogens with zero attached hydrogens (tertiary/aromatic N) is 2. The summed E-state index contributed by atoms with van der Waals surface area (Å²) in [6, 6.07) is 5.01. The smallest absolute Gasteiger partial charge is 0.244 e. The molecule has 1 aromatic rings. The second kappa shape index (κ2) is 5.30. The van der Waals surface area contributed by atoms with E-state index in [1.165, 1.54) is 7.05 Å². The molecule has 1 aliphatic heterocycles. The van der Waals surface area contributed by atoms with E-state index >= 15 is 0 Å². The topological polar surface area (TPSA) is 70.4 Å². The molecule has 0 N–H and O–H groups in total. The maximum absolute atomic E-state index is 13.3. The van der Waals surface area contributed by atoms with E-state index in [1.54, 1.807) is 0 Å². The van der Waals surface area contributed by atoms with Crippen molar-refractivity contribution in [1.29, 1.82) is 5.26 Å². The number of nitriles is 1. The molecule has 5 nitrogen and oxygen atoms in total. The van der Waals surface area contributed by atoms with Crippen LogP contribution in [0, 0.1) is 17.1 Å². The molecule has 1 aliphatic rings. The van der Waals surface area contributed by atoms with Gasteiger partial charge in [-0.3, -0.25) is 0 Å². The minimum Gasteiger partial charge on any atom is -0.378 e. The van der Waals surface area contributed by atoms with Gasteiger partial charge in [0, 0.05) is 25.1 Å². The average molecular weight is 319 g/mol. The highest BCUT2D eigenvalue weighted by molar-refractivity contribution is 7.89. The van der Waals surface area contributed by atoms with Gasteiger partial charge < -0.3 is 4.74 Å². The first-order chi connectivity index (χ1) is 9.32. The van der Waals surface area contributed by atoms with Crippen LogP contribution in [0.4, 0.5) is 4.39 Å². The minimum absolute atomic E-state index is 0.0116. The maximum Gasteiger partial charge on any atom is 0.244 e. The van der Waals surface area contributed by atoms with Gasteiger partial charge in [0.15, 0.2) is 0 Å². The van der Waals surface area contributed by atoms with Crippen LogP contribution < -0.4 is 0 Å². The van der Waals surface area contributed by atoms with E-state index < -0.39 is 21.4 Å². The summed E-state index contributed by atoms with van der Waals surface area (Å²) in [7, 11) is -2.75. The van der Waals surface area contributed by atoms with Gasteiger partial charge in [-0.15, -0.1) is 0 Å².